The van der Waals surface area contributed by atoms with Gasteiger partial charge in [-0.05, 0) is 36.5 Å². The van der Waals surface area contributed by atoms with E-state index in [1.807, 2.05) is 6.92 Å². The molecule has 1 aromatic heterocycles. The number of allylic oxidation sites excluding steroid dienone is 2. The van der Waals surface area contributed by atoms with Gasteiger partial charge in [-0.15, -0.1) is 0 Å². The molecule has 2 aromatic rings. The van der Waals surface area contributed by atoms with E-state index in [-0.39, 0.29) is 34.4 Å². The van der Waals surface area contributed by atoms with Gasteiger partial charge in [0.2, 0.25) is 11.6 Å². The standard InChI is InChI=1S/C21H24N2O5/c1-10-16-17(11-6-14(26-4)19(25)15(7-11)27-5)18-12(22-20(16)28-23-10)8-21(2,3)9-13(18)24/h6-7,17,22,25H,8-9H2,1-5H3/t17-/m1/s1. The zero-order valence-corrected chi connectivity index (χ0v) is 16.7. The van der Waals surface area contributed by atoms with E-state index in [2.05, 4.69) is 24.3 Å². The number of nitrogens with zero attached hydrogens (tertiary/aromatic N) is 1. The van der Waals surface area contributed by atoms with Crippen LogP contribution in [0.3, 0.4) is 0 Å². The second kappa shape index (κ2) is 6.29. The average molecular weight is 384 g/mol. The first-order valence-corrected chi connectivity index (χ1v) is 9.20. The summed E-state index contributed by atoms with van der Waals surface area (Å²) in [4.78, 5) is 13.2. The van der Waals surface area contributed by atoms with Gasteiger partial charge in [0.15, 0.2) is 17.3 Å². The highest BCUT2D eigenvalue weighted by atomic mass is 16.5. The Morgan fingerprint density at radius 1 is 1.21 bits per heavy atom. The van der Waals surface area contributed by atoms with Crippen LogP contribution in [0.5, 0.6) is 17.2 Å². The fraction of sp³-hybridized carbons (Fsp3) is 0.429. The van der Waals surface area contributed by atoms with Crippen molar-refractivity contribution in [1.29, 1.82) is 0 Å². The van der Waals surface area contributed by atoms with Gasteiger partial charge in [0, 0.05) is 23.6 Å². The number of rotatable bonds is 3. The van der Waals surface area contributed by atoms with E-state index >= 15 is 0 Å². The first-order chi connectivity index (χ1) is 13.3. The number of methoxy groups -OCH3 is 2. The molecule has 2 aliphatic rings. The molecule has 0 bridgehead atoms. The number of nitrogens with one attached hydrogen (secondary N) is 1. The van der Waals surface area contributed by atoms with Crippen LogP contribution in [0.1, 0.15) is 49.4 Å². The summed E-state index contributed by atoms with van der Waals surface area (Å²) in [6.45, 7) is 6.02. The summed E-state index contributed by atoms with van der Waals surface area (Å²) in [6, 6.07) is 3.48. The number of hydrogen-bond donors (Lipinski definition) is 2. The topological polar surface area (TPSA) is 93.8 Å². The molecule has 0 radical (unpaired) electrons. The Hall–Kier alpha value is -2.96. The van der Waals surface area contributed by atoms with Gasteiger partial charge in [0.25, 0.3) is 0 Å². The van der Waals surface area contributed by atoms with Crippen LogP contribution in [0.25, 0.3) is 0 Å². The summed E-state index contributed by atoms with van der Waals surface area (Å²) >= 11 is 0. The van der Waals surface area contributed by atoms with Crippen LogP contribution in [0.15, 0.2) is 27.9 Å². The van der Waals surface area contributed by atoms with Gasteiger partial charge in [0.05, 0.1) is 25.5 Å². The lowest BCUT2D eigenvalue weighted by atomic mass is 9.69. The van der Waals surface area contributed by atoms with Crippen molar-refractivity contribution in [3.63, 3.8) is 0 Å². The number of anilines is 1. The number of aryl methyl sites for hydroxylation is 1. The molecule has 2 N–H and O–H groups in total. The van der Waals surface area contributed by atoms with Crippen LogP contribution in [-0.2, 0) is 4.79 Å². The summed E-state index contributed by atoms with van der Waals surface area (Å²) in [5.41, 5.74) is 3.75. The molecule has 148 valence electrons. The normalized spacial score (nSPS) is 20.3. The molecule has 1 atom stereocenters. The van der Waals surface area contributed by atoms with E-state index in [0.717, 1.165) is 23.2 Å². The highest BCUT2D eigenvalue weighted by Crippen LogP contribution is 2.51. The van der Waals surface area contributed by atoms with Gasteiger partial charge in [-0.3, -0.25) is 4.79 Å². The highest BCUT2D eigenvalue weighted by Gasteiger charge is 2.43. The number of hydrogen-bond acceptors (Lipinski definition) is 7. The first-order valence-electron chi connectivity index (χ1n) is 9.20. The Morgan fingerprint density at radius 3 is 2.46 bits per heavy atom. The summed E-state index contributed by atoms with van der Waals surface area (Å²) in [5.74, 6) is 0.780. The SMILES string of the molecule is COc1cc([C@H]2C3=C(CC(C)(C)CC3=O)Nc3onc(C)c32)cc(OC)c1O. The van der Waals surface area contributed by atoms with Crippen LogP contribution in [0.2, 0.25) is 0 Å². The largest absolute Gasteiger partial charge is 0.502 e. The number of phenols is 1. The van der Waals surface area contributed by atoms with Crippen molar-refractivity contribution < 1.29 is 23.9 Å². The number of ketones is 1. The molecule has 0 unspecified atom stereocenters. The second-order valence-electron chi connectivity index (χ2n) is 8.18. The van der Waals surface area contributed by atoms with E-state index in [1.165, 1.54) is 14.2 Å². The minimum atomic E-state index is -0.371. The van der Waals surface area contributed by atoms with E-state index in [0.29, 0.717) is 23.6 Å². The molecule has 1 aromatic carbocycles. The predicted molar refractivity (Wildman–Crippen MR) is 103 cm³/mol. The Morgan fingerprint density at radius 2 is 1.86 bits per heavy atom. The number of carbonyl (C=O) groups excluding carboxylic acids is 1. The van der Waals surface area contributed by atoms with E-state index in [9.17, 15) is 9.90 Å². The zero-order valence-electron chi connectivity index (χ0n) is 16.7. The molecule has 1 aliphatic carbocycles. The van der Waals surface area contributed by atoms with Crippen LogP contribution in [0.4, 0.5) is 5.88 Å². The van der Waals surface area contributed by atoms with Crippen molar-refractivity contribution in [2.75, 3.05) is 19.5 Å². The van der Waals surface area contributed by atoms with Crippen LogP contribution in [0, 0.1) is 12.3 Å². The fourth-order valence-corrected chi connectivity index (χ4v) is 4.28. The van der Waals surface area contributed by atoms with Crippen molar-refractivity contribution in [1.82, 2.24) is 5.16 Å². The van der Waals surface area contributed by atoms with Gasteiger partial charge in [-0.1, -0.05) is 19.0 Å². The molecule has 2 heterocycles. The Balaban J connectivity index is 1.97. The molecular weight excluding hydrogens is 360 g/mol. The smallest absolute Gasteiger partial charge is 0.233 e. The maximum atomic E-state index is 13.2. The third kappa shape index (κ3) is 2.73. The van der Waals surface area contributed by atoms with Gasteiger partial charge < -0.3 is 24.4 Å². The van der Waals surface area contributed by atoms with E-state index in [1.54, 1.807) is 12.1 Å². The maximum absolute atomic E-state index is 13.2. The minimum absolute atomic E-state index is 0.0738. The molecule has 0 fully saturated rings. The number of ether oxygens (including phenoxy) is 2. The van der Waals surface area contributed by atoms with Crippen LogP contribution >= 0.6 is 0 Å². The van der Waals surface area contributed by atoms with Gasteiger partial charge in [0.1, 0.15) is 0 Å². The third-order valence-corrected chi connectivity index (χ3v) is 5.51. The zero-order chi connectivity index (χ0) is 20.2. The number of benzene rings is 1. The number of fused-ring (bicyclic) bond motifs is 1. The van der Waals surface area contributed by atoms with Crippen molar-refractivity contribution in [2.45, 2.75) is 39.5 Å². The Labute approximate surface area is 163 Å². The molecule has 0 amide bonds. The van der Waals surface area contributed by atoms with Crippen LogP contribution in [-0.4, -0.2) is 30.3 Å². The molecule has 7 nitrogen and oxygen atoms in total. The summed E-state index contributed by atoms with van der Waals surface area (Å²) in [6.07, 6.45) is 1.20. The third-order valence-electron chi connectivity index (χ3n) is 5.51. The number of phenolic OH excluding ortho intramolecular Hbond substituents is 1. The fourth-order valence-electron chi connectivity index (χ4n) is 4.28. The van der Waals surface area contributed by atoms with Crippen molar-refractivity contribution >= 4 is 11.7 Å². The van der Waals surface area contributed by atoms with Crippen molar-refractivity contribution in [2.24, 2.45) is 5.41 Å². The van der Waals surface area contributed by atoms with E-state index < -0.39 is 0 Å². The summed E-state index contributed by atoms with van der Waals surface area (Å²) in [7, 11) is 2.96. The summed E-state index contributed by atoms with van der Waals surface area (Å²) in [5, 5.41) is 17.7. The number of aromatic nitrogens is 1. The van der Waals surface area contributed by atoms with Gasteiger partial charge in [-0.2, -0.15) is 0 Å². The lowest BCUT2D eigenvalue weighted by Crippen LogP contribution is -2.33. The van der Waals surface area contributed by atoms with Crippen LogP contribution < -0.4 is 14.8 Å². The maximum Gasteiger partial charge on any atom is 0.233 e. The second-order valence-corrected chi connectivity index (χ2v) is 8.18. The first kappa shape index (κ1) is 18.4. The molecule has 28 heavy (non-hydrogen) atoms. The molecule has 4 rings (SSSR count). The van der Waals surface area contributed by atoms with Crippen molar-refractivity contribution in [3.05, 3.63) is 40.2 Å². The number of aromatic hydroxyl groups is 1. The lowest BCUT2D eigenvalue weighted by molar-refractivity contribution is -0.118. The van der Waals surface area contributed by atoms with Gasteiger partial charge in [-0.25, -0.2) is 0 Å². The minimum Gasteiger partial charge on any atom is -0.502 e. The average Bonchev–Trinajstić information content (AvgIpc) is 3.00. The molecule has 0 saturated carbocycles. The predicted octanol–water partition coefficient (Wildman–Crippen LogP) is 3.91. The number of Topliss-reactive ketones (excluding diaryl/α,β-unsaturated/α-hetero) is 1. The quantitative estimate of drug-likeness (QED) is 0.829. The monoisotopic (exact) mass is 384 g/mol. The van der Waals surface area contributed by atoms with Gasteiger partial charge >= 0.3 is 0 Å². The number of carbonyl (C=O) groups is 1. The lowest BCUT2D eigenvalue weighted by Gasteiger charge is -2.37. The Bertz CT molecular complexity index is 977. The highest BCUT2D eigenvalue weighted by molar-refractivity contribution is 6.01. The molecule has 1 aliphatic heterocycles. The van der Waals surface area contributed by atoms with Crippen molar-refractivity contribution in [3.8, 4) is 17.2 Å². The summed E-state index contributed by atoms with van der Waals surface area (Å²) < 4.78 is 16.2. The Kier molecular flexibility index (Phi) is 4.14. The molecular formula is C21H24N2O5. The molecule has 0 spiro atoms. The van der Waals surface area contributed by atoms with E-state index in [4.69, 9.17) is 14.0 Å². The molecule has 0 saturated heterocycles. The molecule has 7 heteroatoms.